The van der Waals surface area contributed by atoms with E-state index in [1.807, 2.05) is 13.0 Å². The molecule has 0 saturated heterocycles. The fraction of sp³-hybridized carbons (Fsp3) is 0.409. The van der Waals surface area contributed by atoms with Crippen LogP contribution >= 0.6 is 24.0 Å². The largest absolute Gasteiger partial charge is 0.493 e. The number of nitrogens with one attached hydrogen (secondary N) is 2. The first-order chi connectivity index (χ1) is 14.5. The van der Waals surface area contributed by atoms with Crippen LogP contribution < -0.4 is 20.1 Å². The minimum atomic E-state index is -2.87. The zero-order valence-corrected chi connectivity index (χ0v) is 19.6. The second kappa shape index (κ2) is 12.7. The SMILES string of the molecule is CCNC(=NCC(O)c1ccc(OC(F)F)cc1)NCCc1ccc2c(c1)CCO2.I. The standard InChI is InChI=1S/C22H27F2N3O3.HI/c1-2-25-22(26-11-9-15-3-8-20-17(13-15)10-12-29-20)27-14-19(28)16-4-6-18(7-5-16)30-21(23)24;/h3-8,13,19,21,28H,2,9-12,14H2,1H3,(H2,25,26,27);1H. The minimum absolute atomic E-state index is 0. The van der Waals surface area contributed by atoms with E-state index in [4.69, 9.17) is 4.74 Å². The van der Waals surface area contributed by atoms with Crippen molar-refractivity contribution in [1.29, 1.82) is 0 Å². The van der Waals surface area contributed by atoms with Gasteiger partial charge >= 0.3 is 6.61 Å². The number of halogens is 3. The zero-order chi connectivity index (χ0) is 21.3. The summed E-state index contributed by atoms with van der Waals surface area (Å²) >= 11 is 0. The van der Waals surface area contributed by atoms with E-state index in [0.717, 1.165) is 25.2 Å². The fourth-order valence-corrected chi connectivity index (χ4v) is 3.22. The van der Waals surface area contributed by atoms with Crippen molar-refractivity contribution in [2.75, 3.05) is 26.2 Å². The van der Waals surface area contributed by atoms with Gasteiger partial charge < -0.3 is 25.2 Å². The van der Waals surface area contributed by atoms with Gasteiger partial charge in [0.2, 0.25) is 0 Å². The Kier molecular flexibility index (Phi) is 10.3. The van der Waals surface area contributed by atoms with E-state index in [1.165, 1.54) is 23.3 Å². The lowest BCUT2D eigenvalue weighted by atomic mass is 10.1. The zero-order valence-electron chi connectivity index (χ0n) is 17.3. The number of hydrogen-bond donors (Lipinski definition) is 3. The molecule has 9 heteroatoms. The average molecular weight is 547 g/mol. The summed E-state index contributed by atoms with van der Waals surface area (Å²) in [5.41, 5.74) is 3.06. The van der Waals surface area contributed by atoms with Crippen molar-refractivity contribution < 1.29 is 23.4 Å². The number of aliphatic hydroxyl groups is 1. The van der Waals surface area contributed by atoms with Crippen LogP contribution in [-0.4, -0.2) is 43.9 Å². The lowest BCUT2D eigenvalue weighted by molar-refractivity contribution is -0.0498. The Morgan fingerprint density at radius 3 is 2.68 bits per heavy atom. The Labute approximate surface area is 198 Å². The molecule has 0 aliphatic carbocycles. The van der Waals surface area contributed by atoms with E-state index in [2.05, 4.69) is 32.5 Å². The Hall–Kier alpha value is -2.14. The van der Waals surface area contributed by atoms with E-state index >= 15 is 0 Å². The molecule has 3 N–H and O–H groups in total. The summed E-state index contributed by atoms with van der Waals surface area (Å²) < 4.78 is 34.3. The highest BCUT2D eigenvalue weighted by atomic mass is 127. The molecule has 1 aliphatic heterocycles. The maximum absolute atomic E-state index is 12.2. The topological polar surface area (TPSA) is 75.1 Å². The van der Waals surface area contributed by atoms with Crippen molar-refractivity contribution in [1.82, 2.24) is 10.6 Å². The maximum Gasteiger partial charge on any atom is 0.387 e. The van der Waals surface area contributed by atoms with Crippen molar-refractivity contribution in [3.63, 3.8) is 0 Å². The number of nitrogens with zero attached hydrogens (tertiary/aromatic N) is 1. The highest BCUT2D eigenvalue weighted by Crippen LogP contribution is 2.26. The van der Waals surface area contributed by atoms with Gasteiger partial charge in [0.25, 0.3) is 0 Å². The van der Waals surface area contributed by atoms with Gasteiger partial charge in [-0.3, -0.25) is 4.99 Å². The molecule has 2 aromatic carbocycles. The number of benzene rings is 2. The van der Waals surface area contributed by atoms with Gasteiger partial charge in [-0.15, -0.1) is 24.0 Å². The van der Waals surface area contributed by atoms with Crippen LogP contribution in [0, 0.1) is 0 Å². The molecule has 0 aromatic heterocycles. The number of guanidine groups is 1. The maximum atomic E-state index is 12.2. The second-order valence-corrected chi connectivity index (χ2v) is 6.90. The molecule has 2 aromatic rings. The van der Waals surface area contributed by atoms with E-state index in [0.29, 0.717) is 24.6 Å². The molecule has 6 nitrogen and oxygen atoms in total. The molecule has 31 heavy (non-hydrogen) atoms. The first kappa shape index (κ1) is 25.1. The molecule has 1 atom stereocenters. The van der Waals surface area contributed by atoms with Crippen LogP contribution in [0.15, 0.2) is 47.5 Å². The summed E-state index contributed by atoms with van der Waals surface area (Å²) in [4.78, 5) is 4.42. The Balaban J connectivity index is 0.00000341. The molecule has 0 spiro atoms. The third-order valence-corrected chi connectivity index (χ3v) is 4.72. The van der Waals surface area contributed by atoms with Crippen LogP contribution in [0.4, 0.5) is 8.78 Å². The number of rotatable bonds is 9. The van der Waals surface area contributed by atoms with Gasteiger partial charge in [-0.25, -0.2) is 0 Å². The fourth-order valence-electron chi connectivity index (χ4n) is 3.22. The molecule has 0 radical (unpaired) electrons. The molecule has 0 fully saturated rings. The molecular formula is C22H28F2IN3O3. The highest BCUT2D eigenvalue weighted by Gasteiger charge is 2.12. The van der Waals surface area contributed by atoms with Crippen molar-refractivity contribution >= 4 is 29.9 Å². The molecule has 0 bridgehead atoms. The Morgan fingerprint density at radius 1 is 1.19 bits per heavy atom. The Morgan fingerprint density at radius 2 is 1.97 bits per heavy atom. The second-order valence-electron chi connectivity index (χ2n) is 6.90. The quantitative estimate of drug-likeness (QED) is 0.254. The molecule has 170 valence electrons. The monoisotopic (exact) mass is 547 g/mol. The van der Waals surface area contributed by atoms with Crippen LogP contribution in [0.3, 0.4) is 0 Å². The third kappa shape index (κ3) is 7.80. The van der Waals surface area contributed by atoms with Gasteiger partial charge in [0, 0.05) is 19.5 Å². The molecule has 0 amide bonds. The minimum Gasteiger partial charge on any atom is -0.493 e. The van der Waals surface area contributed by atoms with E-state index in [1.54, 1.807) is 12.1 Å². The predicted molar refractivity (Wildman–Crippen MR) is 127 cm³/mol. The molecule has 3 rings (SSSR count). The first-order valence-electron chi connectivity index (χ1n) is 10.0. The van der Waals surface area contributed by atoms with E-state index in [9.17, 15) is 13.9 Å². The molecule has 1 unspecified atom stereocenters. The summed E-state index contributed by atoms with van der Waals surface area (Å²) in [5.74, 6) is 1.64. The van der Waals surface area contributed by atoms with E-state index in [-0.39, 0.29) is 36.3 Å². The third-order valence-electron chi connectivity index (χ3n) is 4.72. The van der Waals surface area contributed by atoms with Gasteiger partial charge in [-0.1, -0.05) is 24.3 Å². The summed E-state index contributed by atoms with van der Waals surface area (Å²) in [6, 6.07) is 12.2. The number of hydrogen-bond acceptors (Lipinski definition) is 4. The summed E-state index contributed by atoms with van der Waals surface area (Å²) in [7, 11) is 0. The van der Waals surface area contributed by atoms with Crippen LogP contribution in [0.1, 0.15) is 29.7 Å². The molecule has 0 saturated carbocycles. The number of aliphatic imine (C=N–C) groups is 1. The highest BCUT2D eigenvalue weighted by molar-refractivity contribution is 14.0. The summed E-state index contributed by atoms with van der Waals surface area (Å²) in [6.45, 7) is 1.37. The number of aliphatic hydroxyl groups excluding tert-OH is 1. The summed E-state index contributed by atoms with van der Waals surface area (Å²) in [6.07, 6.45) is 0.942. The van der Waals surface area contributed by atoms with Gasteiger partial charge in [0.1, 0.15) is 11.5 Å². The van der Waals surface area contributed by atoms with Crippen molar-refractivity contribution in [2.45, 2.75) is 32.5 Å². The number of fused-ring (bicyclic) bond motifs is 1. The van der Waals surface area contributed by atoms with Crippen LogP contribution in [-0.2, 0) is 12.8 Å². The van der Waals surface area contributed by atoms with Crippen molar-refractivity contribution in [3.05, 3.63) is 59.2 Å². The molecule has 1 heterocycles. The van der Waals surface area contributed by atoms with Crippen molar-refractivity contribution in [2.24, 2.45) is 4.99 Å². The van der Waals surface area contributed by atoms with Gasteiger partial charge in [0.05, 0.1) is 19.3 Å². The smallest absolute Gasteiger partial charge is 0.387 e. The van der Waals surface area contributed by atoms with Crippen molar-refractivity contribution in [3.8, 4) is 11.5 Å². The van der Waals surface area contributed by atoms with Crippen LogP contribution in [0.2, 0.25) is 0 Å². The van der Waals surface area contributed by atoms with Crippen LogP contribution in [0.25, 0.3) is 0 Å². The van der Waals surface area contributed by atoms with Crippen LogP contribution in [0.5, 0.6) is 11.5 Å². The average Bonchev–Trinajstić information content (AvgIpc) is 3.20. The lowest BCUT2D eigenvalue weighted by Crippen LogP contribution is -2.38. The number of alkyl halides is 2. The number of ether oxygens (including phenoxy) is 2. The molecular weight excluding hydrogens is 519 g/mol. The van der Waals surface area contributed by atoms with E-state index < -0.39 is 12.7 Å². The Bertz CT molecular complexity index is 850. The van der Waals surface area contributed by atoms with Gasteiger partial charge in [0.15, 0.2) is 5.96 Å². The lowest BCUT2D eigenvalue weighted by Gasteiger charge is -2.14. The first-order valence-corrected chi connectivity index (χ1v) is 10.0. The van der Waals surface area contributed by atoms with Gasteiger partial charge in [-0.05, 0) is 48.2 Å². The normalized spacial score (nSPS) is 13.8. The molecule has 1 aliphatic rings. The van der Waals surface area contributed by atoms with Gasteiger partial charge in [-0.2, -0.15) is 8.78 Å². The predicted octanol–water partition coefficient (Wildman–Crippen LogP) is 3.67. The summed E-state index contributed by atoms with van der Waals surface area (Å²) in [5, 5.41) is 16.8.